The minimum Gasteiger partial charge on any atom is -0.325 e. The normalized spacial score (nSPS) is 19.0. The van der Waals surface area contributed by atoms with Crippen LogP contribution in [0.4, 0.5) is 4.39 Å². The number of hydrogen-bond acceptors (Lipinski definition) is 2. The van der Waals surface area contributed by atoms with Gasteiger partial charge in [0, 0.05) is 17.4 Å². The minimum absolute atomic E-state index is 0.176. The maximum absolute atomic E-state index is 13.4. The monoisotopic (exact) mass is 312 g/mol. The summed E-state index contributed by atoms with van der Waals surface area (Å²) in [5, 5.41) is -0.176. The first-order chi connectivity index (χ1) is 9.54. The predicted octanol–water partition coefficient (Wildman–Crippen LogP) is 4.76. The Kier molecular flexibility index (Phi) is 3.71. The van der Waals surface area contributed by atoms with Crippen LogP contribution in [0.2, 0.25) is 0 Å². The van der Waals surface area contributed by atoms with Crippen LogP contribution >= 0.6 is 23.4 Å². The van der Waals surface area contributed by atoms with E-state index in [4.69, 9.17) is 11.6 Å². The average Bonchev–Trinajstić information content (AvgIpc) is 2.71. The molecule has 1 saturated carbocycles. The molecule has 0 spiro atoms. The molecule has 5 heteroatoms. The maximum atomic E-state index is 13.4. The van der Waals surface area contributed by atoms with E-state index in [2.05, 4.69) is 15.8 Å². The van der Waals surface area contributed by atoms with Crippen molar-refractivity contribution in [2.45, 2.75) is 42.9 Å². The second-order valence-corrected chi connectivity index (χ2v) is 7.47. The highest BCUT2D eigenvalue weighted by Gasteiger charge is 2.37. The van der Waals surface area contributed by atoms with Gasteiger partial charge in [-0.15, -0.1) is 11.6 Å². The van der Waals surface area contributed by atoms with Crippen molar-refractivity contribution in [1.29, 1.82) is 0 Å². The molecule has 1 aromatic heterocycles. The Hall–Kier alpha value is -0.740. The van der Waals surface area contributed by atoms with Gasteiger partial charge in [-0.05, 0) is 38.2 Å². The van der Waals surface area contributed by atoms with E-state index in [0.717, 1.165) is 17.9 Å². The third-order valence-electron chi connectivity index (χ3n) is 4.24. The molecule has 0 radical (unpaired) electrons. The van der Waals surface area contributed by atoms with Crippen molar-refractivity contribution in [2.24, 2.45) is 0 Å². The first-order valence-corrected chi connectivity index (χ1v) is 8.56. The number of nitrogens with zero attached hydrogens (tertiary/aromatic N) is 2. The molecule has 0 N–H and O–H groups in total. The van der Waals surface area contributed by atoms with E-state index in [9.17, 15) is 4.39 Å². The summed E-state index contributed by atoms with van der Waals surface area (Å²) < 4.78 is 15.9. The molecule has 108 valence electrons. The Morgan fingerprint density at radius 3 is 2.80 bits per heavy atom. The van der Waals surface area contributed by atoms with E-state index < -0.39 is 0 Å². The van der Waals surface area contributed by atoms with Crippen molar-refractivity contribution in [2.75, 3.05) is 6.26 Å². The molecule has 2 aromatic rings. The van der Waals surface area contributed by atoms with Crippen LogP contribution in [0.3, 0.4) is 0 Å². The SMILES string of the molecule is CSC1(Cn2c(C(C)Cl)nc3cc(F)ccc32)CCC1. The molecule has 1 aromatic carbocycles. The molecule has 1 fully saturated rings. The third-order valence-corrected chi connectivity index (χ3v) is 5.84. The molecule has 2 nitrogen and oxygen atoms in total. The molecule has 1 aliphatic rings. The Bertz CT molecular complexity index is 629. The summed E-state index contributed by atoms with van der Waals surface area (Å²) in [6.07, 6.45) is 5.91. The molecule has 1 aliphatic carbocycles. The van der Waals surface area contributed by atoms with Gasteiger partial charge in [0.25, 0.3) is 0 Å². The molecule has 1 heterocycles. The van der Waals surface area contributed by atoms with Gasteiger partial charge in [-0.2, -0.15) is 11.8 Å². The topological polar surface area (TPSA) is 17.8 Å². The lowest BCUT2D eigenvalue weighted by atomic mass is 9.84. The molecular formula is C15H18ClFN2S. The van der Waals surface area contributed by atoms with Gasteiger partial charge in [-0.1, -0.05) is 6.42 Å². The number of halogens is 2. The Labute approximate surface area is 127 Å². The third kappa shape index (κ3) is 2.33. The van der Waals surface area contributed by atoms with Gasteiger partial charge in [0.1, 0.15) is 11.6 Å². The Morgan fingerprint density at radius 2 is 2.25 bits per heavy atom. The lowest BCUT2D eigenvalue weighted by Gasteiger charge is -2.41. The zero-order valence-electron chi connectivity index (χ0n) is 11.7. The molecule has 0 aliphatic heterocycles. The summed E-state index contributed by atoms with van der Waals surface area (Å²) in [4.78, 5) is 4.53. The number of imidazole rings is 1. The molecule has 0 bridgehead atoms. The molecule has 0 amide bonds. The van der Waals surface area contributed by atoms with Crippen LogP contribution in [-0.2, 0) is 6.54 Å². The highest BCUT2D eigenvalue weighted by atomic mass is 35.5. The van der Waals surface area contributed by atoms with E-state index in [-0.39, 0.29) is 11.2 Å². The van der Waals surface area contributed by atoms with Crippen LogP contribution in [0.15, 0.2) is 18.2 Å². The molecule has 0 saturated heterocycles. The van der Waals surface area contributed by atoms with Crippen molar-refractivity contribution < 1.29 is 4.39 Å². The number of benzene rings is 1. The summed E-state index contributed by atoms with van der Waals surface area (Å²) in [7, 11) is 0. The van der Waals surface area contributed by atoms with Crippen molar-refractivity contribution >= 4 is 34.4 Å². The van der Waals surface area contributed by atoms with E-state index in [0.29, 0.717) is 10.3 Å². The largest absolute Gasteiger partial charge is 0.325 e. The van der Waals surface area contributed by atoms with Gasteiger partial charge < -0.3 is 4.57 Å². The van der Waals surface area contributed by atoms with Crippen molar-refractivity contribution in [3.8, 4) is 0 Å². The number of thioether (sulfide) groups is 1. The fourth-order valence-corrected chi connectivity index (χ4v) is 4.00. The zero-order valence-corrected chi connectivity index (χ0v) is 13.3. The minimum atomic E-state index is -0.251. The van der Waals surface area contributed by atoms with Gasteiger partial charge in [-0.25, -0.2) is 9.37 Å². The van der Waals surface area contributed by atoms with Crippen LogP contribution in [0, 0.1) is 5.82 Å². The van der Waals surface area contributed by atoms with Crippen LogP contribution < -0.4 is 0 Å². The fraction of sp³-hybridized carbons (Fsp3) is 0.533. The van der Waals surface area contributed by atoms with E-state index in [1.54, 1.807) is 0 Å². The highest BCUT2D eigenvalue weighted by molar-refractivity contribution is 8.00. The van der Waals surface area contributed by atoms with Gasteiger partial charge in [-0.3, -0.25) is 0 Å². The standard InChI is InChI=1S/C15H18ClFN2S/c1-10(16)14-18-12-8-11(17)4-5-13(12)19(14)9-15(20-2)6-3-7-15/h4-5,8,10H,3,6-7,9H2,1-2H3. The van der Waals surface area contributed by atoms with Crippen LogP contribution in [0.5, 0.6) is 0 Å². The van der Waals surface area contributed by atoms with E-state index in [1.165, 1.54) is 31.4 Å². The smallest absolute Gasteiger partial charge is 0.127 e. The van der Waals surface area contributed by atoms with Crippen LogP contribution in [0.1, 0.15) is 37.4 Å². The second-order valence-electron chi connectivity index (χ2n) is 5.55. The Balaban J connectivity index is 2.09. The predicted molar refractivity (Wildman–Crippen MR) is 84.1 cm³/mol. The number of aromatic nitrogens is 2. The lowest BCUT2D eigenvalue weighted by molar-refractivity contribution is 0.321. The van der Waals surface area contributed by atoms with Gasteiger partial charge in [0.05, 0.1) is 16.4 Å². The summed E-state index contributed by atoms with van der Waals surface area (Å²) in [5.41, 5.74) is 1.68. The fourth-order valence-electron chi connectivity index (χ4n) is 2.88. The number of hydrogen-bond donors (Lipinski definition) is 0. The number of rotatable bonds is 4. The van der Waals surface area contributed by atoms with Crippen molar-refractivity contribution in [3.05, 3.63) is 29.8 Å². The lowest BCUT2D eigenvalue weighted by Crippen LogP contribution is -2.38. The molecule has 1 atom stereocenters. The molecular weight excluding hydrogens is 295 g/mol. The van der Waals surface area contributed by atoms with Gasteiger partial charge >= 0.3 is 0 Å². The van der Waals surface area contributed by atoms with Crippen molar-refractivity contribution in [3.63, 3.8) is 0 Å². The van der Waals surface area contributed by atoms with Gasteiger partial charge in [0.2, 0.25) is 0 Å². The quantitative estimate of drug-likeness (QED) is 0.757. The van der Waals surface area contributed by atoms with E-state index >= 15 is 0 Å². The first-order valence-electron chi connectivity index (χ1n) is 6.89. The Morgan fingerprint density at radius 1 is 1.50 bits per heavy atom. The van der Waals surface area contributed by atoms with Crippen LogP contribution in [0.25, 0.3) is 11.0 Å². The van der Waals surface area contributed by atoms with Gasteiger partial charge in [0.15, 0.2) is 0 Å². The number of alkyl halides is 1. The summed E-state index contributed by atoms with van der Waals surface area (Å²) in [5.74, 6) is 0.590. The zero-order chi connectivity index (χ0) is 14.3. The summed E-state index contributed by atoms with van der Waals surface area (Å²) in [6.45, 7) is 2.82. The van der Waals surface area contributed by atoms with E-state index in [1.807, 2.05) is 24.8 Å². The van der Waals surface area contributed by atoms with Crippen LogP contribution in [-0.4, -0.2) is 20.6 Å². The van der Waals surface area contributed by atoms with Crippen molar-refractivity contribution in [1.82, 2.24) is 9.55 Å². The first kappa shape index (κ1) is 14.2. The second kappa shape index (κ2) is 5.23. The number of fused-ring (bicyclic) bond motifs is 1. The summed E-state index contributed by atoms with van der Waals surface area (Å²) >= 11 is 8.19. The molecule has 3 rings (SSSR count). The maximum Gasteiger partial charge on any atom is 0.127 e. The average molecular weight is 313 g/mol. The molecule has 1 unspecified atom stereocenters. The summed E-state index contributed by atoms with van der Waals surface area (Å²) in [6, 6.07) is 4.80. The molecule has 20 heavy (non-hydrogen) atoms. The highest BCUT2D eigenvalue weighted by Crippen LogP contribution is 2.45.